The maximum absolute atomic E-state index is 13.0. The molecule has 1 aliphatic rings. The monoisotopic (exact) mass is 380 g/mol. The summed E-state index contributed by atoms with van der Waals surface area (Å²) in [5, 5.41) is 6.42. The molecule has 0 bridgehead atoms. The summed E-state index contributed by atoms with van der Waals surface area (Å²) in [5.41, 5.74) is 3.51. The second kappa shape index (κ2) is 7.40. The topological polar surface area (TPSA) is 71.3 Å². The van der Waals surface area contributed by atoms with Crippen molar-refractivity contribution in [2.45, 2.75) is 32.6 Å². The summed E-state index contributed by atoms with van der Waals surface area (Å²) in [5.74, 6) is -0.303. The van der Waals surface area contributed by atoms with Crippen molar-refractivity contribution in [3.63, 3.8) is 0 Å². The first-order chi connectivity index (χ1) is 13.1. The molecule has 27 heavy (non-hydrogen) atoms. The van der Waals surface area contributed by atoms with Gasteiger partial charge < -0.3 is 15.1 Å². The third-order valence-corrected chi connectivity index (χ3v) is 5.89. The fraction of sp³-hybridized carbons (Fsp3) is 0.238. The van der Waals surface area contributed by atoms with E-state index in [-0.39, 0.29) is 17.6 Å². The van der Waals surface area contributed by atoms with Crippen LogP contribution in [0.4, 0.5) is 10.7 Å². The molecular weight excluding hydrogens is 360 g/mol. The summed E-state index contributed by atoms with van der Waals surface area (Å²) in [4.78, 5) is 26.7. The van der Waals surface area contributed by atoms with Crippen molar-refractivity contribution < 1.29 is 14.0 Å². The standard InChI is InChI=1S/C21H20N2O3S/c1-13-8-10-14(11-9-13)22-20(25)18-15-5-2-3-7-17(15)27-21(18)23-19(24)16-6-4-12-26-16/h4,6,8-12H,2-3,5,7H2,1H3,(H,22,25)(H,23,24). The number of hydrogen-bond donors (Lipinski definition) is 2. The molecule has 0 fully saturated rings. The van der Waals surface area contributed by atoms with E-state index in [4.69, 9.17) is 4.42 Å². The van der Waals surface area contributed by atoms with E-state index in [1.807, 2.05) is 31.2 Å². The number of benzene rings is 1. The Morgan fingerprint density at radius 2 is 1.78 bits per heavy atom. The number of carbonyl (C=O) groups is 2. The minimum atomic E-state index is -0.344. The predicted molar refractivity (Wildman–Crippen MR) is 107 cm³/mol. The number of anilines is 2. The number of nitrogens with one attached hydrogen (secondary N) is 2. The number of thiophene rings is 1. The van der Waals surface area contributed by atoms with Crippen LogP contribution in [0.2, 0.25) is 0 Å². The summed E-state index contributed by atoms with van der Waals surface area (Å²) in [6, 6.07) is 10.9. The SMILES string of the molecule is Cc1ccc(NC(=O)c2c(NC(=O)c3ccco3)sc3c2CCCC3)cc1. The van der Waals surface area contributed by atoms with Gasteiger partial charge in [-0.3, -0.25) is 9.59 Å². The van der Waals surface area contributed by atoms with E-state index in [9.17, 15) is 9.59 Å². The molecule has 2 amide bonds. The van der Waals surface area contributed by atoms with Gasteiger partial charge in [-0.2, -0.15) is 0 Å². The number of amides is 2. The largest absolute Gasteiger partial charge is 0.459 e. The molecule has 2 N–H and O–H groups in total. The highest BCUT2D eigenvalue weighted by molar-refractivity contribution is 7.17. The average molecular weight is 380 g/mol. The Morgan fingerprint density at radius 3 is 2.52 bits per heavy atom. The summed E-state index contributed by atoms with van der Waals surface area (Å²) in [7, 11) is 0. The van der Waals surface area contributed by atoms with Gasteiger partial charge in [-0.05, 0) is 62.4 Å². The Labute approximate surface area is 161 Å². The quantitative estimate of drug-likeness (QED) is 0.667. The predicted octanol–water partition coefficient (Wildman–Crippen LogP) is 5.03. The molecule has 138 valence electrons. The normalized spacial score (nSPS) is 13.1. The van der Waals surface area contributed by atoms with Gasteiger partial charge in [-0.1, -0.05) is 17.7 Å². The number of rotatable bonds is 4. The van der Waals surface area contributed by atoms with Gasteiger partial charge in [0, 0.05) is 10.6 Å². The van der Waals surface area contributed by atoms with Gasteiger partial charge in [0.25, 0.3) is 11.8 Å². The van der Waals surface area contributed by atoms with Crippen LogP contribution in [0.1, 0.15) is 49.8 Å². The lowest BCUT2D eigenvalue weighted by Crippen LogP contribution is -2.18. The summed E-state index contributed by atoms with van der Waals surface area (Å²) in [6.45, 7) is 2.00. The number of furan rings is 1. The van der Waals surface area contributed by atoms with E-state index in [2.05, 4.69) is 10.6 Å². The maximum Gasteiger partial charge on any atom is 0.291 e. The molecule has 0 saturated heterocycles. The van der Waals surface area contributed by atoms with Crippen LogP contribution in [0.5, 0.6) is 0 Å². The smallest absolute Gasteiger partial charge is 0.291 e. The minimum absolute atomic E-state index is 0.187. The molecule has 6 heteroatoms. The van der Waals surface area contributed by atoms with E-state index in [0.29, 0.717) is 10.6 Å². The Morgan fingerprint density at radius 1 is 1.00 bits per heavy atom. The zero-order chi connectivity index (χ0) is 18.8. The molecule has 2 aromatic heterocycles. The van der Waals surface area contributed by atoms with Gasteiger partial charge in [0.15, 0.2) is 5.76 Å². The van der Waals surface area contributed by atoms with E-state index < -0.39 is 0 Å². The van der Waals surface area contributed by atoms with Crippen molar-refractivity contribution in [2.24, 2.45) is 0 Å². The van der Waals surface area contributed by atoms with E-state index in [1.165, 1.54) is 22.5 Å². The molecule has 0 radical (unpaired) electrons. The second-order valence-electron chi connectivity index (χ2n) is 6.67. The Bertz CT molecular complexity index is 972. The van der Waals surface area contributed by atoms with Crippen molar-refractivity contribution in [1.29, 1.82) is 0 Å². The fourth-order valence-corrected chi connectivity index (χ4v) is 4.58. The van der Waals surface area contributed by atoms with Crippen molar-refractivity contribution in [3.8, 4) is 0 Å². The lowest BCUT2D eigenvalue weighted by atomic mass is 9.95. The van der Waals surface area contributed by atoms with Crippen LogP contribution in [0.15, 0.2) is 47.1 Å². The molecule has 0 unspecified atom stereocenters. The van der Waals surface area contributed by atoms with Gasteiger partial charge >= 0.3 is 0 Å². The number of hydrogen-bond acceptors (Lipinski definition) is 4. The Kier molecular flexibility index (Phi) is 4.81. The van der Waals surface area contributed by atoms with Crippen molar-refractivity contribution in [2.75, 3.05) is 10.6 Å². The lowest BCUT2D eigenvalue weighted by Gasteiger charge is -2.13. The summed E-state index contributed by atoms with van der Waals surface area (Å²) >= 11 is 1.49. The molecule has 5 nitrogen and oxygen atoms in total. The van der Waals surface area contributed by atoms with Crippen molar-refractivity contribution in [1.82, 2.24) is 0 Å². The van der Waals surface area contributed by atoms with Gasteiger partial charge in [0.2, 0.25) is 0 Å². The average Bonchev–Trinajstić information content (AvgIpc) is 3.31. The lowest BCUT2D eigenvalue weighted by molar-refractivity contribution is 0.0997. The molecule has 3 aromatic rings. The zero-order valence-corrected chi connectivity index (χ0v) is 15.8. The zero-order valence-electron chi connectivity index (χ0n) is 15.0. The highest BCUT2D eigenvalue weighted by Gasteiger charge is 2.27. The van der Waals surface area contributed by atoms with Crippen LogP contribution in [-0.2, 0) is 12.8 Å². The molecule has 1 aromatic carbocycles. The van der Waals surface area contributed by atoms with Crippen LogP contribution in [0, 0.1) is 6.92 Å². The van der Waals surface area contributed by atoms with Crippen LogP contribution in [0.25, 0.3) is 0 Å². The molecule has 0 aliphatic heterocycles. The third-order valence-electron chi connectivity index (χ3n) is 4.68. The van der Waals surface area contributed by atoms with Crippen LogP contribution in [0.3, 0.4) is 0 Å². The first-order valence-electron chi connectivity index (χ1n) is 8.99. The molecule has 0 saturated carbocycles. The van der Waals surface area contributed by atoms with Crippen LogP contribution in [-0.4, -0.2) is 11.8 Å². The highest BCUT2D eigenvalue weighted by atomic mass is 32.1. The molecule has 2 heterocycles. The highest BCUT2D eigenvalue weighted by Crippen LogP contribution is 2.38. The number of fused-ring (bicyclic) bond motifs is 1. The van der Waals surface area contributed by atoms with Crippen LogP contribution < -0.4 is 10.6 Å². The third kappa shape index (κ3) is 3.66. The fourth-order valence-electron chi connectivity index (χ4n) is 3.30. The first-order valence-corrected chi connectivity index (χ1v) is 9.81. The van der Waals surface area contributed by atoms with E-state index >= 15 is 0 Å². The molecule has 4 rings (SSSR count). The van der Waals surface area contributed by atoms with Gasteiger partial charge in [-0.15, -0.1) is 11.3 Å². The van der Waals surface area contributed by atoms with Gasteiger partial charge in [0.1, 0.15) is 5.00 Å². The maximum atomic E-state index is 13.0. The molecular formula is C21H20N2O3S. The minimum Gasteiger partial charge on any atom is -0.459 e. The van der Waals surface area contributed by atoms with Gasteiger partial charge in [0.05, 0.1) is 11.8 Å². The number of carbonyl (C=O) groups excluding carboxylic acids is 2. The van der Waals surface area contributed by atoms with Crippen molar-refractivity contribution in [3.05, 3.63) is 70.0 Å². The van der Waals surface area contributed by atoms with Crippen molar-refractivity contribution >= 4 is 33.8 Å². The second-order valence-corrected chi connectivity index (χ2v) is 7.77. The molecule has 0 atom stereocenters. The number of aryl methyl sites for hydroxylation is 2. The Hall–Kier alpha value is -2.86. The summed E-state index contributed by atoms with van der Waals surface area (Å²) in [6.07, 6.45) is 5.43. The van der Waals surface area contributed by atoms with Crippen LogP contribution >= 0.6 is 11.3 Å². The molecule has 0 spiro atoms. The Balaban J connectivity index is 1.65. The van der Waals surface area contributed by atoms with Gasteiger partial charge in [-0.25, -0.2) is 0 Å². The molecule has 1 aliphatic carbocycles. The van der Waals surface area contributed by atoms with E-state index in [1.54, 1.807) is 12.1 Å². The summed E-state index contributed by atoms with van der Waals surface area (Å²) < 4.78 is 5.17. The van der Waals surface area contributed by atoms with E-state index in [0.717, 1.165) is 42.5 Å². The first kappa shape index (κ1) is 17.5.